The number of rotatable bonds is 9. The fourth-order valence-corrected chi connectivity index (χ4v) is 1.53. The quantitative estimate of drug-likeness (QED) is 0.591. The molecule has 0 fully saturated rings. The van der Waals surface area contributed by atoms with Crippen LogP contribution in [0.15, 0.2) is 0 Å². The van der Waals surface area contributed by atoms with E-state index < -0.39 is 0 Å². The first-order valence-electron chi connectivity index (χ1n) is 5.90. The van der Waals surface area contributed by atoms with E-state index in [1.165, 1.54) is 0 Å². The molecule has 4 nitrogen and oxygen atoms in total. The minimum Gasteiger partial charge on any atom is -0.368 e. The lowest BCUT2D eigenvalue weighted by Gasteiger charge is -2.24. The van der Waals surface area contributed by atoms with Crippen LogP contribution in [0.5, 0.6) is 0 Å². The highest BCUT2D eigenvalue weighted by Crippen LogP contribution is 1.95. The number of nitrogens with two attached hydrogens (primary N) is 1. The van der Waals surface area contributed by atoms with Crippen molar-refractivity contribution in [3.8, 4) is 0 Å². The molecule has 0 aliphatic rings. The molecule has 0 aliphatic heterocycles. The van der Waals surface area contributed by atoms with Gasteiger partial charge in [-0.2, -0.15) is 0 Å². The van der Waals surface area contributed by atoms with Crippen LogP contribution in [0.3, 0.4) is 0 Å². The number of primary amides is 1. The van der Waals surface area contributed by atoms with Crippen molar-refractivity contribution in [3.63, 3.8) is 0 Å². The molecule has 0 aliphatic carbocycles. The maximum Gasteiger partial charge on any atom is 0.235 e. The third-order valence-electron chi connectivity index (χ3n) is 2.41. The van der Waals surface area contributed by atoms with Crippen molar-refractivity contribution in [2.75, 3.05) is 26.2 Å². The molecule has 0 aromatic carbocycles. The van der Waals surface area contributed by atoms with Crippen LogP contribution >= 0.6 is 0 Å². The molecule has 15 heavy (non-hydrogen) atoms. The zero-order valence-corrected chi connectivity index (χ0v) is 10.3. The van der Waals surface area contributed by atoms with Crippen molar-refractivity contribution >= 4 is 5.91 Å². The Morgan fingerprint density at radius 2 is 2.00 bits per heavy atom. The van der Waals surface area contributed by atoms with E-state index >= 15 is 0 Å². The van der Waals surface area contributed by atoms with Crippen LogP contribution in [0.1, 0.15) is 33.6 Å². The summed E-state index contributed by atoms with van der Waals surface area (Å²) in [6.07, 6.45) is 2.12. The molecule has 0 radical (unpaired) electrons. The maximum absolute atomic E-state index is 11.2. The Balaban J connectivity index is 4.06. The van der Waals surface area contributed by atoms with Crippen LogP contribution in [0.4, 0.5) is 0 Å². The zero-order valence-electron chi connectivity index (χ0n) is 10.3. The average molecular weight is 215 g/mol. The average Bonchev–Trinajstić information content (AvgIpc) is 2.22. The molecule has 0 spiro atoms. The summed E-state index contributed by atoms with van der Waals surface area (Å²) in [6, 6.07) is -0.212. The summed E-state index contributed by atoms with van der Waals surface area (Å²) in [5.41, 5.74) is 5.35. The van der Waals surface area contributed by atoms with Crippen LogP contribution in [0, 0.1) is 0 Å². The largest absolute Gasteiger partial charge is 0.368 e. The van der Waals surface area contributed by atoms with Gasteiger partial charge in [0.2, 0.25) is 5.91 Å². The Morgan fingerprint density at radius 3 is 2.40 bits per heavy atom. The molecule has 0 saturated heterocycles. The first kappa shape index (κ1) is 14.4. The lowest BCUT2D eigenvalue weighted by Crippen LogP contribution is -2.49. The van der Waals surface area contributed by atoms with Crippen LogP contribution in [-0.4, -0.2) is 43.0 Å². The second-order valence-electron chi connectivity index (χ2n) is 3.80. The van der Waals surface area contributed by atoms with Gasteiger partial charge < -0.3 is 16.0 Å². The predicted molar refractivity (Wildman–Crippen MR) is 63.7 cm³/mol. The molecule has 1 atom stereocenters. The molecular weight excluding hydrogens is 190 g/mol. The number of hydrogen-bond acceptors (Lipinski definition) is 3. The Bertz CT molecular complexity index is 173. The van der Waals surface area contributed by atoms with Gasteiger partial charge in [0.05, 0.1) is 6.04 Å². The van der Waals surface area contributed by atoms with Gasteiger partial charge in [-0.3, -0.25) is 4.79 Å². The summed E-state index contributed by atoms with van der Waals surface area (Å²) in [6.45, 7) is 9.88. The van der Waals surface area contributed by atoms with Crippen LogP contribution in [0.2, 0.25) is 0 Å². The molecule has 90 valence electrons. The third-order valence-corrected chi connectivity index (χ3v) is 2.41. The summed E-state index contributed by atoms with van der Waals surface area (Å²) in [7, 11) is 0. The Morgan fingerprint density at radius 1 is 1.33 bits per heavy atom. The SMILES string of the molecule is CCCNC(CN(CC)CCC)C(N)=O. The summed E-state index contributed by atoms with van der Waals surface area (Å²) in [5.74, 6) is -0.252. The van der Waals surface area contributed by atoms with E-state index in [0.717, 1.165) is 39.0 Å². The van der Waals surface area contributed by atoms with Crippen LogP contribution in [0.25, 0.3) is 0 Å². The molecule has 0 aromatic rings. The first-order chi connectivity index (χ1) is 7.15. The number of nitrogens with one attached hydrogen (secondary N) is 1. The Kier molecular flexibility index (Phi) is 8.33. The molecule has 0 bridgehead atoms. The molecule has 4 heteroatoms. The normalized spacial score (nSPS) is 13.1. The van der Waals surface area contributed by atoms with Crippen molar-refractivity contribution < 1.29 is 4.79 Å². The molecule has 0 rings (SSSR count). The van der Waals surface area contributed by atoms with Gasteiger partial charge in [-0.15, -0.1) is 0 Å². The highest BCUT2D eigenvalue weighted by atomic mass is 16.1. The van der Waals surface area contributed by atoms with Crippen molar-refractivity contribution in [1.82, 2.24) is 10.2 Å². The lowest BCUT2D eigenvalue weighted by molar-refractivity contribution is -0.120. The molecule has 0 saturated carbocycles. The van der Waals surface area contributed by atoms with E-state index in [0.29, 0.717) is 0 Å². The number of carbonyl (C=O) groups is 1. The van der Waals surface area contributed by atoms with Gasteiger partial charge >= 0.3 is 0 Å². The van der Waals surface area contributed by atoms with Gasteiger partial charge in [-0.25, -0.2) is 0 Å². The first-order valence-corrected chi connectivity index (χ1v) is 5.90. The monoisotopic (exact) mass is 215 g/mol. The minimum atomic E-state index is -0.252. The van der Waals surface area contributed by atoms with E-state index in [-0.39, 0.29) is 11.9 Å². The topological polar surface area (TPSA) is 58.4 Å². The van der Waals surface area contributed by atoms with Crippen molar-refractivity contribution in [2.45, 2.75) is 39.7 Å². The maximum atomic E-state index is 11.2. The van der Waals surface area contributed by atoms with Gasteiger partial charge in [0.25, 0.3) is 0 Å². The second-order valence-corrected chi connectivity index (χ2v) is 3.80. The molecule has 3 N–H and O–H groups in total. The van der Waals surface area contributed by atoms with Gasteiger partial charge in [0.15, 0.2) is 0 Å². The fraction of sp³-hybridized carbons (Fsp3) is 0.909. The summed E-state index contributed by atoms with van der Waals surface area (Å²) < 4.78 is 0. The molecule has 1 amide bonds. The van der Waals surface area contributed by atoms with Crippen LogP contribution < -0.4 is 11.1 Å². The van der Waals surface area contributed by atoms with E-state index in [9.17, 15) is 4.79 Å². The highest BCUT2D eigenvalue weighted by Gasteiger charge is 2.16. The zero-order chi connectivity index (χ0) is 11.7. The van der Waals surface area contributed by atoms with E-state index in [2.05, 4.69) is 31.0 Å². The minimum absolute atomic E-state index is 0.212. The summed E-state index contributed by atoms with van der Waals surface area (Å²) in [4.78, 5) is 13.4. The predicted octanol–water partition coefficient (Wildman–Crippen LogP) is 0.572. The number of carbonyl (C=O) groups excluding carboxylic acids is 1. The van der Waals surface area contributed by atoms with Crippen molar-refractivity contribution in [2.24, 2.45) is 5.73 Å². The fourth-order valence-electron chi connectivity index (χ4n) is 1.53. The van der Waals surface area contributed by atoms with E-state index in [1.807, 2.05) is 0 Å². The van der Waals surface area contributed by atoms with E-state index in [1.54, 1.807) is 0 Å². The summed E-state index contributed by atoms with van der Waals surface area (Å²) in [5, 5.41) is 3.18. The van der Waals surface area contributed by atoms with Gasteiger partial charge in [-0.05, 0) is 32.5 Å². The Labute approximate surface area is 93.2 Å². The van der Waals surface area contributed by atoms with Gasteiger partial charge in [0, 0.05) is 6.54 Å². The van der Waals surface area contributed by atoms with Crippen LogP contribution in [-0.2, 0) is 4.79 Å². The molecule has 0 aromatic heterocycles. The van der Waals surface area contributed by atoms with Gasteiger partial charge in [0.1, 0.15) is 0 Å². The van der Waals surface area contributed by atoms with Crippen molar-refractivity contribution in [3.05, 3.63) is 0 Å². The summed E-state index contributed by atoms with van der Waals surface area (Å²) >= 11 is 0. The third kappa shape index (κ3) is 6.47. The lowest BCUT2D eigenvalue weighted by atomic mass is 10.2. The number of amides is 1. The molecular formula is C11H25N3O. The molecule has 0 heterocycles. The van der Waals surface area contributed by atoms with Gasteiger partial charge in [-0.1, -0.05) is 20.8 Å². The molecule has 1 unspecified atom stereocenters. The number of likely N-dealkylation sites (N-methyl/N-ethyl adjacent to an activating group) is 1. The number of nitrogens with zero attached hydrogens (tertiary/aromatic N) is 1. The van der Waals surface area contributed by atoms with Crippen molar-refractivity contribution in [1.29, 1.82) is 0 Å². The highest BCUT2D eigenvalue weighted by molar-refractivity contribution is 5.80. The number of hydrogen-bond donors (Lipinski definition) is 2. The van der Waals surface area contributed by atoms with E-state index in [4.69, 9.17) is 5.73 Å². The second kappa shape index (κ2) is 8.68. The Hall–Kier alpha value is -0.610. The standard InChI is InChI=1S/C11H25N3O/c1-4-7-13-10(11(12)15)9-14(6-3)8-5-2/h10,13H,4-9H2,1-3H3,(H2,12,15). The smallest absolute Gasteiger partial charge is 0.235 e.